The van der Waals surface area contributed by atoms with Gasteiger partial charge in [-0.25, -0.2) is 0 Å². The lowest BCUT2D eigenvalue weighted by atomic mass is 9.94. The van der Waals surface area contributed by atoms with Crippen LogP contribution in [0.2, 0.25) is 0 Å². The molecule has 0 aromatic rings. The van der Waals surface area contributed by atoms with Crippen molar-refractivity contribution in [2.24, 2.45) is 5.41 Å². The zero-order valence-corrected chi connectivity index (χ0v) is 8.63. The second-order valence-corrected chi connectivity index (χ2v) is 4.38. The molecule has 0 N–H and O–H groups in total. The van der Waals surface area contributed by atoms with Crippen LogP contribution in [0, 0.1) is 5.41 Å². The molecule has 1 fully saturated rings. The van der Waals surface area contributed by atoms with Gasteiger partial charge in [0.05, 0.1) is 19.6 Å². The Morgan fingerprint density at radius 1 is 1.31 bits per heavy atom. The Hall–Kier alpha value is -0.410. The van der Waals surface area contributed by atoms with Gasteiger partial charge in [0.2, 0.25) is 0 Å². The average Bonchev–Trinajstić information content (AvgIpc) is 2.10. The molecule has 0 atom stereocenters. The molecule has 1 rings (SSSR count). The quantitative estimate of drug-likeness (QED) is 0.630. The van der Waals surface area contributed by atoms with Gasteiger partial charge in [0.15, 0.2) is 5.79 Å². The van der Waals surface area contributed by atoms with Gasteiger partial charge in [0, 0.05) is 5.41 Å². The molecule has 1 aliphatic rings. The second-order valence-electron chi connectivity index (χ2n) is 4.38. The van der Waals surface area contributed by atoms with Crippen molar-refractivity contribution in [2.75, 3.05) is 13.2 Å². The number of aldehydes is 1. The molecule has 1 heterocycles. The Balaban J connectivity index is 2.57. The smallest absolute Gasteiger partial charge is 0.174 e. The molecule has 3 nitrogen and oxygen atoms in total. The van der Waals surface area contributed by atoms with Gasteiger partial charge in [-0.2, -0.15) is 0 Å². The maximum atomic E-state index is 10.4. The normalized spacial score (nSPS) is 25.5. The fraction of sp³-hybridized carbons (Fsp3) is 0.900. The third-order valence-corrected chi connectivity index (χ3v) is 2.38. The van der Waals surface area contributed by atoms with E-state index >= 15 is 0 Å². The number of ether oxygens (including phenoxy) is 2. The zero-order valence-electron chi connectivity index (χ0n) is 8.63. The SMILES string of the molecule is CCC1(CC=O)OCC(C)(C)CO1. The minimum absolute atomic E-state index is 0.0710. The Morgan fingerprint density at radius 2 is 1.85 bits per heavy atom. The largest absolute Gasteiger partial charge is 0.349 e. The molecule has 0 saturated carbocycles. The van der Waals surface area contributed by atoms with Gasteiger partial charge in [-0.15, -0.1) is 0 Å². The lowest BCUT2D eigenvalue weighted by Gasteiger charge is -2.42. The molecule has 0 radical (unpaired) electrons. The molecular weight excluding hydrogens is 168 g/mol. The van der Waals surface area contributed by atoms with E-state index in [0.29, 0.717) is 19.6 Å². The molecule has 1 aliphatic heterocycles. The van der Waals surface area contributed by atoms with Crippen molar-refractivity contribution < 1.29 is 14.3 Å². The summed E-state index contributed by atoms with van der Waals surface area (Å²) >= 11 is 0. The van der Waals surface area contributed by atoms with E-state index in [9.17, 15) is 4.79 Å². The molecule has 76 valence electrons. The predicted molar refractivity (Wildman–Crippen MR) is 49.4 cm³/mol. The Bertz CT molecular complexity index is 177. The summed E-state index contributed by atoms with van der Waals surface area (Å²) in [6.07, 6.45) is 1.92. The van der Waals surface area contributed by atoms with Gasteiger partial charge in [-0.05, 0) is 6.42 Å². The zero-order chi connectivity index (χ0) is 9.95. The molecular formula is C10H18O3. The summed E-state index contributed by atoms with van der Waals surface area (Å²) in [5.74, 6) is -0.642. The fourth-order valence-electron chi connectivity index (χ4n) is 1.33. The summed E-state index contributed by atoms with van der Waals surface area (Å²) in [6.45, 7) is 7.48. The van der Waals surface area contributed by atoms with Crippen molar-refractivity contribution in [3.05, 3.63) is 0 Å². The van der Waals surface area contributed by atoms with Gasteiger partial charge in [-0.3, -0.25) is 0 Å². The van der Waals surface area contributed by atoms with Crippen molar-refractivity contribution in [2.45, 2.75) is 39.4 Å². The van der Waals surface area contributed by atoms with Gasteiger partial charge in [-0.1, -0.05) is 20.8 Å². The highest BCUT2D eigenvalue weighted by Gasteiger charge is 2.38. The second kappa shape index (κ2) is 3.76. The Labute approximate surface area is 79.4 Å². The van der Waals surface area contributed by atoms with Crippen LogP contribution in [0.25, 0.3) is 0 Å². The number of rotatable bonds is 3. The van der Waals surface area contributed by atoms with E-state index in [-0.39, 0.29) is 5.41 Å². The third-order valence-electron chi connectivity index (χ3n) is 2.38. The van der Waals surface area contributed by atoms with E-state index < -0.39 is 5.79 Å². The van der Waals surface area contributed by atoms with Gasteiger partial charge < -0.3 is 14.3 Å². The number of hydrogen-bond acceptors (Lipinski definition) is 3. The minimum Gasteiger partial charge on any atom is -0.349 e. The van der Waals surface area contributed by atoms with Gasteiger partial charge in [0.25, 0.3) is 0 Å². The first-order valence-corrected chi connectivity index (χ1v) is 4.75. The van der Waals surface area contributed by atoms with Crippen LogP contribution in [0.4, 0.5) is 0 Å². The van der Waals surface area contributed by atoms with Crippen molar-refractivity contribution in [3.63, 3.8) is 0 Å². The molecule has 3 heteroatoms. The molecule has 0 spiro atoms. The van der Waals surface area contributed by atoms with E-state index in [0.717, 1.165) is 12.7 Å². The monoisotopic (exact) mass is 186 g/mol. The Kier molecular flexibility index (Phi) is 3.09. The van der Waals surface area contributed by atoms with E-state index in [1.807, 2.05) is 6.92 Å². The molecule has 1 saturated heterocycles. The summed E-state index contributed by atoms with van der Waals surface area (Å²) in [5, 5.41) is 0. The number of carbonyl (C=O) groups is 1. The highest BCUT2D eigenvalue weighted by Crippen LogP contribution is 2.32. The van der Waals surface area contributed by atoms with Crippen LogP contribution < -0.4 is 0 Å². The van der Waals surface area contributed by atoms with Crippen LogP contribution in [-0.4, -0.2) is 25.3 Å². The van der Waals surface area contributed by atoms with Crippen molar-refractivity contribution >= 4 is 6.29 Å². The summed E-state index contributed by atoms with van der Waals surface area (Å²) < 4.78 is 11.2. The van der Waals surface area contributed by atoms with E-state index in [2.05, 4.69) is 13.8 Å². The minimum atomic E-state index is -0.642. The van der Waals surface area contributed by atoms with Crippen LogP contribution in [0.15, 0.2) is 0 Å². The highest BCUT2D eigenvalue weighted by atomic mass is 16.7. The predicted octanol–water partition coefficient (Wildman–Crippen LogP) is 1.75. The lowest BCUT2D eigenvalue weighted by molar-refractivity contribution is -0.298. The first-order chi connectivity index (χ1) is 6.04. The standard InChI is InChI=1S/C10H18O3/c1-4-10(5-6-11)12-7-9(2,3)8-13-10/h6H,4-5,7-8H2,1-3H3. The summed E-state index contributed by atoms with van der Waals surface area (Å²) in [6, 6.07) is 0. The van der Waals surface area contributed by atoms with Crippen LogP contribution in [0.5, 0.6) is 0 Å². The van der Waals surface area contributed by atoms with E-state index in [1.165, 1.54) is 0 Å². The van der Waals surface area contributed by atoms with Crippen molar-refractivity contribution in [1.29, 1.82) is 0 Å². The molecule has 0 aromatic carbocycles. The summed E-state index contributed by atoms with van der Waals surface area (Å²) in [7, 11) is 0. The number of carbonyl (C=O) groups excluding carboxylic acids is 1. The molecule has 0 unspecified atom stereocenters. The summed E-state index contributed by atoms with van der Waals surface area (Å²) in [4.78, 5) is 10.4. The van der Waals surface area contributed by atoms with Crippen LogP contribution in [0.3, 0.4) is 0 Å². The van der Waals surface area contributed by atoms with E-state index in [4.69, 9.17) is 9.47 Å². The fourth-order valence-corrected chi connectivity index (χ4v) is 1.33. The maximum Gasteiger partial charge on any atom is 0.174 e. The number of hydrogen-bond donors (Lipinski definition) is 0. The lowest BCUT2D eigenvalue weighted by Crippen LogP contribution is -2.47. The maximum absolute atomic E-state index is 10.4. The highest BCUT2D eigenvalue weighted by molar-refractivity contribution is 5.50. The molecule has 0 aliphatic carbocycles. The van der Waals surface area contributed by atoms with Crippen molar-refractivity contribution in [1.82, 2.24) is 0 Å². The molecule has 0 bridgehead atoms. The summed E-state index contributed by atoms with van der Waals surface area (Å²) in [5.41, 5.74) is 0.0710. The Morgan fingerprint density at radius 3 is 2.23 bits per heavy atom. The first-order valence-electron chi connectivity index (χ1n) is 4.75. The van der Waals surface area contributed by atoms with E-state index in [1.54, 1.807) is 0 Å². The van der Waals surface area contributed by atoms with Gasteiger partial charge in [0.1, 0.15) is 6.29 Å². The van der Waals surface area contributed by atoms with Crippen LogP contribution >= 0.6 is 0 Å². The molecule has 0 amide bonds. The molecule has 0 aromatic heterocycles. The first kappa shape index (κ1) is 10.7. The van der Waals surface area contributed by atoms with Gasteiger partial charge >= 0.3 is 0 Å². The van der Waals surface area contributed by atoms with Crippen molar-refractivity contribution in [3.8, 4) is 0 Å². The molecule has 13 heavy (non-hydrogen) atoms. The third kappa shape index (κ3) is 2.51. The van der Waals surface area contributed by atoms with Crippen LogP contribution in [0.1, 0.15) is 33.6 Å². The van der Waals surface area contributed by atoms with Crippen LogP contribution in [-0.2, 0) is 14.3 Å². The topological polar surface area (TPSA) is 35.5 Å². The average molecular weight is 186 g/mol.